The van der Waals surface area contributed by atoms with Crippen LogP contribution in [0, 0.1) is 0 Å². The summed E-state index contributed by atoms with van der Waals surface area (Å²) in [6.45, 7) is 0. The van der Waals surface area contributed by atoms with Crippen molar-refractivity contribution in [3.05, 3.63) is 12.2 Å². The van der Waals surface area contributed by atoms with Gasteiger partial charge in [0.25, 0.3) is 11.8 Å². The van der Waals surface area contributed by atoms with Gasteiger partial charge in [0.15, 0.2) is 0 Å². The van der Waals surface area contributed by atoms with E-state index in [9.17, 15) is 9.59 Å². The summed E-state index contributed by atoms with van der Waals surface area (Å²) in [5.41, 5.74) is 0. The van der Waals surface area contributed by atoms with Crippen molar-refractivity contribution in [3.63, 3.8) is 0 Å². The van der Waals surface area contributed by atoms with Gasteiger partial charge in [-0.1, -0.05) is 0 Å². The van der Waals surface area contributed by atoms with Gasteiger partial charge in [-0.25, -0.2) is 0 Å². The van der Waals surface area contributed by atoms with Gasteiger partial charge >= 0.3 is 0 Å². The normalized spacial score (nSPS) is 15.5. The molecule has 0 aromatic heterocycles. The van der Waals surface area contributed by atoms with Crippen molar-refractivity contribution in [2.75, 3.05) is 0 Å². The fourth-order valence-electron chi connectivity index (χ4n) is 0.356. The minimum atomic E-state index is -0.329. The van der Waals surface area contributed by atoms with Gasteiger partial charge in [-0.2, -0.15) is 0 Å². The zero-order valence-electron chi connectivity index (χ0n) is 3.97. The molecule has 1 aliphatic rings. The van der Waals surface area contributed by atoms with E-state index in [0.29, 0.717) is 0 Å². The topological polar surface area (TPSA) is 46.2 Å². The molecule has 1 N–H and O–H groups in total. The zero-order chi connectivity index (χ0) is 5.28. The monoisotopic (exact) mass is 217 g/mol. The average Bonchev–Trinajstić information content (AvgIpc) is 1.87. The predicted octanol–water partition coefficient (Wildman–Crippen LogP) is -1.18. The number of carbonyl (C=O) groups excluding carboxylic acids is 2. The third-order valence-electron chi connectivity index (χ3n) is 0.632. The summed E-state index contributed by atoms with van der Waals surface area (Å²) in [6, 6.07) is 0. The molecule has 0 bridgehead atoms. The van der Waals surface area contributed by atoms with Crippen molar-refractivity contribution in [1.82, 2.24) is 5.32 Å². The quantitative estimate of drug-likeness (QED) is 0.409. The Morgan fingerprint density at radius 1 is 1.12 bits per heavy atom. The van der Waals surface area contributed by atoms with E-state index < -0.39 is 0 Å². The van der Waals surface area contributed by atoms with Crippen molar-refractivity contribution in [2.24, 2.45) is 0 Å². The molecule has 8 heavy (non-hydrogen) atoms. The molecule has 4 heteroatoms. The van der Waals surface area contributed by atoms with E-state index >= 15 is 0 Å². The van der Waals surface area contributed by atoms with Crippen LogP contribution in [0.2, 0.25) is 0 Å². The standard InChI is InChI=1S/C4H3NO2.Sn/c6-3-1-2-4(7)5-3;/h1-2H,(H,5,6,7);. The molecule has 40 valence electrons. The van der Waals surface area contributed by atoms with E-state index in [-0.39, 0.29) is 35.7 Å². The molecule has 0 saturated heterocycles. The molecule has 0 aromatic carbocycles. The fraction of sp³-hybridized carbons (Fsp3) is 0. The predicted molar refractivity (Wildman–Crippen MR) is 28.0 cm³/mol. The Morgan fingerprint density at radius 3 is 1.62 bits per heavy atom. The van der Waals surface area contributed by atoms with Gasteiger partial charge < -0.3 is 0 Å². The summed E-state index contributed by atoms with van der Waals surface area (Å²) in [4.78, 5) is 20.1. The molecular weight excluding hydrogens is 213 g/mol. The van der Waals surface area contributed by atoms with E-state index in [4.69, 9.17) is 0 Å². The summed E-state index contributed by atoms with van der Waals surface area (Å²) >= 11 is 0. The minimum absolute atomic E-state index is 0. The number of amides is 2. The summed E-state index contributed by atoms with van der Waals surface area (Å²) in [7, 11) is 0. The maximum atomic E-state index is 10.0. The first-order valence-electron chi connectivity index (χ1n) is 1.82. The van der Waals surface area contributed by atoms with Gasteiger partial charge in [0.2, 0.25) is 0 Å². The van der Waals surface area contributed by atoms with Crippen LogP contribution in [0.15, 0.2) is 12.2 Å². The van der Waals surface area contributed by atoms with E-state index in [1.54, 1.807) is 0 Å². The van der Waals surface area contributed by atoms with Crippen LogP contribution >= 0.6 is 0 Å². The van der Waals surface area contributed by atoms with Crippen LogP contribution in [-0.2, 0) is 9.59 Å². The first-order chi connectivity index (χ1) is 3.29. The second-order valence-electron chi connectivity index (χ2n) is 1.19. The Kier molecular flexibility index (Phi) is 2.74. The van der Waals surface area contributed by atoms with E-state index in [0.717, 1.165) is 0 Å². The molecule has 1 aliphatic heterocycles. The van der Waals surface area contributed by atoms with Gasteiger partial charge in [-0.15, -0.1) is 0 Å². The number of carbonyl (C=O) groups is 2. The molecular formula is C4H3NO2Sn. The van der Waals surface area contributed by atoms with E-state index in [2.05, 4.69) is 0 Å². The van der Waals surface area contributed by atoms with Gasteiger partial charge in [-0.3, -0.25) is 14.9 Å². The Hall–Kier alpha value is -0.321. The molecule has 2 amide bonds. The first kappa shape index (κ1) is 7.68. The Morgan fingerprint density at radius 2 is 1.50 bits per heavy atom. The Labute approximate surface area is 63.1 Å². The van der Waals surface area contributed by atoms with Crippen LogP contribution in [0.1, 0.15) is 0 Å². The summed E-state index contributed by atoms with van der Waals surface area (Å²) in [5, 5.41) is 2.03. The summed E-state index contributed by atoms with van der Waals surface area (Å²) in [6.07, 6.45) is 2.39. The average molecular weight is 216 g/mol. The second-order valence-corrected chi connectivity index (χ2v) is 1.19. The third-order valence-corrected chi connectivity index (χ3v) is 0.632. The van der Waals surface area contributed by atoms with Crippen LogP contribution in [-0.4, -0.2) is 35.7 Å². The molecule has 0 fully saturated rings. The number of imide groups is 1. The van der Waals surface area contributed by atoms with Crippen LogP contribution in [0.4, 0.5) is 0 Å². The number of rotatable bonds is 0. The van der Waals surface area contributed by atoms with E-state index in [1.165, 1.54) is 12.2 Å². The molecule has 0 aliphatic carbocycles. The molecule has 0 saturated carbocycles. The third kappa shape index (κ3) is 1.65. The van der Waals surface area contributed by atoms with Gasteiger partial charge in [0, 0.05) is 36.1 Å². The number of hydrogen-bond donors (Lipinski definition) is 1. The molecule has 3 nitrogen and oxygen atoms in total. The van der Waals surface area contributed by atoms with Gasteiger partial charge in [0.05, 0.1) is 0 Å². The summed E-state index contributed by atoms with van der Waals surface area (Å²) < 4.78 is 0. The van der Waals surface area contributed by atoms with Crippen molar-refractivity contribution >= 4 is 35.7 Å². The van der Waals surface area contributed by atoms with Gasteiger partial charge in [-0.05, 0) is 0 Å². The van der Waals surface area contributed by atoms with Crippen molar-refractivity contribution in [1.29, 1.82) is 0 Å². The smallest absolute Gasteiger partial charge is 0.250 e. The maximum absolute atomic E-state index is 10.0. The number of hydrogen-bond acceptors (Lipinski definition) is 2. The SMILES string of the molecule is O=C1C=CC(=O)N1.[Sn]. The molecule has 0 aromatic rings. The van der Waals surface area contributed by atoms with Crippen molar-refractivity contribution < 1.29 is 9.59 Å². The van der Waals surface area contributed by atoms with E-state index in [1.807, 2.05) is 5.32 Å². The van der Waals surface area contributed by atoms with Crippen molar-refractivity contribution in [2.45, 2.75) is 0 Å². The Balaban J connectivity index is 0.000000490. The van der Waals surface area contributed by atoms with Gasteiger partial charge in [0.1, 0.15) is 0 Å². The van der Waals surface area contributed by atoms with Crippen molar-refractivity contribution in [3.8, 4) is 0 Å². The summed E-state index contributed by atoms with van der Waals surface area (Å²) in [5.74, 6) is -0.657. The van der Waals surface area contributed by atoms with Crippen LogP contribution in [0.25, 0.3) is 0 Å². The molecule has 0 atom stereocenters. The first-order valence-corrected chi connectivity index (χ1v) is 1.82. The molecule has 1 rings (SSSR count). The largest absolute Gasteiger partial charge is 0.289 e. The van der Waals surface area contributed by atoms with Crippen LogP contribution in [0.3, 0.4) is 0 Å². The molecule has 1 heterocycles. The van der Waals surface area contributed by atoms with Crippen LogP contribution < -0.4 is 5.32 Å². The van der Waals surface area contributed by atoms with Crippen LogP contribution in [0.5, 0.6) is 0 Å². The fourth-order valence-corrected chi connectivity index (χ4v) is 0.356. The number of nitrogens with one attached hydrogen (secondary N) is 1. The molecule has 0 unspecified atom stereocenters. The zero-order valence-corrected chi connectivity index (χ0v) is 6.83. The Bertz CT molecular complexity index is 136. The molecule has 0 spiro atoms. The minimum Gasteiger partial charge on any atom is -0.289 e. The maximum Gasteiger partial charge on any atom is 0.250 e. The molecule has 4 radical (unpaired) electrons. The second kappa shape index (κ2) is 2.86.